The highest BCUT2D eigenvalue weighted by Crippen LogP contribution is 2.33. The second-order valence-corrected chi connectivity index (χ2v) is 3.93. The molecule has 0 saturated heterocycles. The minimum absolute atomic E-state index is 0.287. The molecule has 1 aromatic carbocycles. The fourth-order valence-corrected chi connectivity index (χ4v) is 1.51. The van der Waals surface area contributed by atoms with Gasteiger partial charge in [0.25, 0.3) is 0 Å². The molecular formula is C12H16O2. The summed E-state index contributed by atoms with van der Waals surface area (Å²) in [4.78, 5) is 0. The van der Waals surface area contributed by atoms with Gasteiger partial charge in [-0.2, -0.15) is 0 Å². The van der Waals surface area contributed by atoms with Gasteiger partial charge in [-0.1, -0.05) is 12.8 Å². The van der Waals surface area contributed by atoms with Crippen LogP contribution in [0.25, 0.3) is 0 Å². The summed E-state index contributed by atoms with van der Waals surface area (Å²) in [6.07, 6.45) is 5.28. The van der Waals surface area contributed by atoms with E-state index in [0.717, 1.165) is 24.7 Å². The Labute approximate surface area is 84.5 Å². The first-order valence-corrected chi connectivity index (χ1v) is 5.26. The van der Waals surface area contributed by atoms with Gasteiger partial charge < -0.3 is 9.84 Å². The van der Waals surface area contributed by atoms with Gasteiger partial charge in [0.1, 0.15) is 11.5 Å². The number of benzene rings is 1. The van der Waals surface area contributed by atoms with E-state index in [1.807, 2.05) is 0 Å². The van der Waals surface area contributed by atoms with Crippen molar-refractivity contribution in [2.24, 2.45) is 5.92 Å². The predicted molar refractivity (Wildman–Crippen MR) is 55.6 cm³/mol. The molecule has 2 rings (SSSR count). The molecule has 0 aromatic heterocycles. The quantitative estimate of drug-likeness (QED) is 0.727. The Hall–Kier alpha value is -1.18. The van der Waals surface area contributed by atoms with Crippen molar-refractivity contribution in [3.63, 3.8) is 0 Å². The Morgan fingerprint density at radius 2 is 1.93 bits per heavy atom. The molecule has 0 amide bonds. The largest absolute Gasteiger partial charge is 0.508 e. The normalized spacial score (nSPS) is 15.4. The fourth-order valence-electron chi connectivity index (χ4n) is 1.51. The average molecular weight is 192 g/mol. The summed E-state index contributed by atoms with van der Waals surface area (Å²) in [6.45, 7) is 0.793. The van der Waals surface area contributed by atoms with Crippen LogP contribution in [0.2, 0.25) is 0 Å². The summed E-state index contributed by atoms with van der Waals surface area (Å²) in [5.74, 6) is 2.12. The van der Waals surface area contributed by atoms with Gasteiger partial charge in [-0.25, -0.2) is 0 Å². The van der Waals surface area contributed by atoms with Gasteiger partial charge in [-0.15, -0.1) is 0 Å². The molecule has 2 heteroatoms. The van der Waals surface area contributed by atoms with Gasteiger partial charge in [-0.3, -0.25) is 0 Å². The summed E-state index contributed by atoms with van der Waals surface area (Å²) in [5, 5.41) is 9.05. The Balaban J connectivity index is 1.66. The Morgan fingerprint density at radius 3 is 2.57 bits per heavy atom. The minimum Gasteiger partial charge on any atom is -0.508 e. The van der Waals surface area contributed by atoms with E-state index in [1.165, 1.54) is 19.3 Å². The zero-order valence-corrected chi connectivity index (χ0v) is 8.28. The molecule has 0 spiro atoms. The lowest BCUT2D eigenvalue weighted by molar-refractivity contribution is 0.303. The second kappa shape index (κ2) is 4.36. The molecule has 1 aliphatic carbocycles. The highest BCUT2D eigenvalue weighted by Gasteiger charge is 2.20. The van der Waals surface area contributed by atoms with E-state index in [9.17, 15) is 0 Å². The van der Waals surface area contributed by atoms with E-state index >= 15 is 0 Å². The third-order valence-electron chi connectivity index (χ3n) is 2.56. The molecule has 1 aromatic rings. The summed E-state index contributed by atoms with van der Waals surface area (Å²) in [7, 11) is 0. The summed E-state index contributed by atoms with van der Waals surface area (Å²) in [5.41, 5.74) is 0. The van der Waals surface area contributed by atoms with E-state index in [1.54, 1.807) is 24.3 Å². The Kier molecular flexibility index (Phi) is 2.92. The van der Waals surface area contributed by atoms with Crippen molar-refractivity contribution in [2.45, 2.75) is 25.7 Å². The highest BCUT2D eigenvalue weighted by atomic mass is 16.5. The van der Waals surface area contributed by atoms with Crippen LogP contribution in [0, 0.1) is 5.92 Å². The van der Waals surface area contributed by atoms with Crippen LogP contribution in [-0.4, -0.2) is 11.7 Å². The number of phenolic OH excluding ortho intramolecular Hbond substituents is 1. The Morgan fingerprint density at radius 1 is 1.21 bits per heavy atom. The predicted octanol–water partition coefficient (Wildman–Crippen LogP) is 2.96. The molecule has 76 valence electrons. The fraction of sp³-hybridized carbons (Fsp3) is 0.500. The average Bonchev–Trinajstić information content (AvgIpc) is 2.99. The minimum atomic E-state index is 0.287. The number of phenols is 1. The molecule has 0 radical (unpaired) electrons. The summed E-state index contributed by atoms with van der Waals surface area (Å²) >= 11 is 0. The molecule has 0 unspecified atom stereocenters. The zero-order chi connectivity index (χ0) is 9.80. The van der Waals surface area contributed by atoms with E-state index in [2.05, 4.69) is 0 Å². The maximum absolute atomic E-state index is 9.05. The first kappa shape index (κ1) is 9.38. The van der Waals surface area contributed by atoms with Crippen molar-refractivity contribution in [3.05, 3.63) is 24.3 Å². The molecule has 14 heavy (non-hydrogen) atoms. The van der Waals surface area contributed by atoms with Crippen LogP contribution >= 0.6 is 0 Å². The van der Waals surface area contributed by atoms with Crippen LogP contribution < -0.4 is 4.74 Å². The van der Waals surface area contributed by atoms with Crippen molar-refractivity contribution in [1.29, 1.82) is 0 Å². The van der Waals surface area contributed by atoms with Crippen LogP contribution in [0.5, 0.6) is 11.5 Å². The van der Waals surface area contributed by atoms with E-state index in [0.29, 0.717) is 0 Å². The zero-order valence-electron chi connectivity index (χ0n) is 8.28. The molecule has 1 N–H and O–H groups in total. The van der Waals surface area contributed by atoms with Crippen molar-refractivity contribution in [2.75, 3.05) is 6.61 Å². The lowest BCUT2D eigenvalue weighted by Gasteiger charge is -2.05. The first-order valence-electron chi connectivity index (χ1n) is 5.26. The van der Waals surface area contributed by atoms with Gasteiger partial charge in [0, 0.05) is 0 Å². The molecule has 0 bridgehead atoms. The van der Waals surface area contributed by atoms with Crippen LogP contribution in [-0.2, 0) is 0 Å². The second-order valence-electron chi connectivity index (χ2n) is 3.93. The molecular weight excluding hydrogens is 176 g/mol. The van der Waals surface area contributed by atoms with Crippen molar-refractivity contribution < 1.29 is 9.84 Å². The number of rotatable bonds is 5. The molecule has 1 aliphatic rings. The molecule has 1 fully saturated rings. The van der Waals surface area contributed by atoms with Gasteiger partial charge in [0.2, 0.25) is 0 Å². The van der Waals surface area contributed by atoms with Gasteiger partial charge in [0.05, 0.1) is 6.61 Å². The lowest BCUT2D eigenvalue weighted by atomic mass is 10.2. The van der Waals surface area contributed by atoms with Crippen LogP contribution in [0.15, 0.2) is 24.3 Å². The van der Waals surface area contributed by atoms with Crippen molar-refractivity contribution in [1.82, 2.24) is 0 Å². The number of ether oxygens (including phenoxy) is 1. The van der Waals surface area contributed by atoms with Crippen LogP contribution in [0.4, 0.5) is 0 Å². The summed E-state index contributed by atoms with van der Waals surface area (Å²) in [6, 6.07) is 6.89. The van der Waals surface area contributed by atoms with E-state index in [4.69, 9.17) is 9.84 Å². The molecule has 1 saturated carbocycles. The molecule has 0 heterocycles. The van der Waals surface area contributed by atoms with Crippen LogP contribution in [0.1, 0.15) is 25.7 Å². The Bertz CT molecular complexity index is 275. The van der Waals surface area contributed by atoms with E-state index in [-0.39, 0.29) is 5.75 Å². The number of hydrogen-bond acceptors (Lipinski definition) is 2. The standard InChI is InChI=1S/C12H16O2/c13-11-5-7-12(8-6-11)14-9-1-2-10-3-4-10/h5-8,10,13H,1-4,9H2. The highest BCUT2D eigenvalue weighted by molar-refractivity contribution is 5.29. The monoisotopic (exact) mass is 192 g/mol. The van der Waals surface area contributed by atoms with Crippen molar-refractivity contribution >= 4 is 0 Å². The maximum atomic E-state index is 9.05. The molecule has 0 atom stereocenters. The smallest absolute Gasteiger partial charge is 0.119 e. The summed E-state index contributed by atoms with van der Waals surface area (Å²) < 4.78 is 5.53. The SMILES string of the molecule is Oc1ccc(OCCCC2CC2)cc1. The number of aromatic hydroxyl groups is 1. The van der Waals surface area contributed by atoms with Crippen molar-refractivity contribution in [3.8, 4) is 11.5 Å². The topological polar surface area (TPSA) is 29.5 Å². The number of hydrogen-bond donors (Lipinski definition) is 1. The van der Waals surface area contributed by atoms with Gasteiger partial charge >= 0.3 is 0 Å². The lowest BCUT2D eigenvalue weighted by Crippen LogP contribution is -1.97. The van der Waals surface area contributed by atoms with Crippen LogP contribution in [0.3, 0.4) is 0 Å². The third-order valence-corrected chi connectivity index (χ3v) is 2.56. The third kappa shape index (κ3) is 2.95. The maximum Gasteiger partial charge on any atom is 0.119 e. The van der Waals surface area contributed by atoms with E-state index < -0.39 is 0 Å². The molecule has 2 nitrogen and oxygen atoms in total. The van der Waals surface area contributed by atoms with Gasteiger partial charge in [0.15, 0.2) is 0 Å². The first-order chi connectivity index (χ1) is 6.84. The van der Waals surface area contributed by atoms with Gasteiger partial charge in [-0.05, 0) is 43.0 Å². The molecule has 0 aliphatic heterocycles.